The van der Waals surface area contributed by atoms with Gasteiger partial charge < -0.3 is 9.40 Å². The fourth-order valence-electron chi connectivity index (χ4n) is 6.62. The fourth-order valence-corrected chi connectivity index (χ4v) is 7.78. The van der Waals surface area contributed by atoms with E-state index in [1.165, 1.54) is 4.70 Å². The van der Waals surface area contributed by atoms with Crippen LogP contribution in [0, 0.1) is 0 Å². The summed E-state index contributed by atoms with van der Waals surface area (Å²) in [5, 5.41) is 4.26. The minimum Gasteiger partial charge on any atom is -0.456 e. The van der Waals surface area contributed by atoms with E-state index in [9.17, 15) is 0 Å². The van der Waals surface area contributed by atoms with Gasteiger partial charge in [-0.25, -0.2) is 19.9 Å². The zero-order valence-corrected chi connectivity index (χ0v) is 25.6. The largest absolute Gasteiger partial charge is 0.456 e. The van der Waals surface area contributed by atoms with Crippen LogP contribution in [0.15, 0.2) is 138 Å². The Balaban J connectivity index is 1.27. The molecule has 4 heterocycles. The number of para-hydroxylation sites is 3. The van der Waals surface area contributed by atoms with E-state index in [2.05, 4.69) is 59.6 Å². The van der Waals surface area contributed by atoms with Crippen molar-refractivity contribution < 1.29 is 4.42 Å². The molecule has 6 nitrogen and oxygen atoms in total. The van der Waals surface area contributed by atoms with E-state index in [1.54, 1.807) is 11.3 Å². The molecule has 0 saturated carbocycles. The second-order valence-corrected chi connectivity index (χ2v) is 12.6. The number of nitrogens with one attached hydrogen (secondary N) is 1. The number of imidazole rings is 1. The SMILES string of the molecule is c1ccc(-c2nc(-c3cccc4oc5ccccc5c34)nc(-c3cccc4sc5cccc(-c6nc7ccccc7[nH]6)c5c34)n2)cc1. The summed E-state index contributed by atoms with van der Waals surface area (Å²) < 4.78 is 8.58. The maximum absolute atomic E-state index is 6.24. The average molecular weight is 622 g/mol. The zero-order chi connectivity index (χ0) is 30.9. The summed E-state index contributed by atoms with van der Waals surface area (Å²) in [5.41, 5.74) is 7.40. The number of nitrogens with zero attached hydrogens (tertiary/aromatic N) is 4. The first kappa shape index (κ1) is 26.1. The molecular weight excluding hydrogens is 599 g/mol. The van der Waals surface area contributed by atoms with Gasteiger partial charge in [0.15, 0.2) is 17.5 Å². The number of hydrogen-bond acceptors (Lipinski definition) is 6. The lowest BCUT2D eigenvalue weighted by molar-refractivity contribution is 0.669. The van der Waals surface area contributed by atoms with Gasteiger partial charge >= 0.3 is 0 Å². The molecule has 0 unspecified atom stereocenters. The third-order valence-corrected chi connectivity index (χ3v) is 9.84. The van der Waals surface area contributed by atoms with Gasteiger partial charge in [0.1, 0.15) is 17.0 Å². The van der Waals surface area contributed by atoms with E-state index in [0.29, 0.717) is 17.5 Å². The van der Waals surface area contributed by atoms with Gasteiger partial charge in [-0.3, -0.25) is 0 Å². The highest BCUT2D eigenvalue weighted by atomic mass is 32.1. The van der Waals surface area contributed by atoms with Crippen molar-refractivity contribution >= 4 is 64.5 Å². The maximum atomic E-state index is 6.24. The molecule has 220 valence electrons. The van der Waals surface area contributed by atoms with Gasteiger partial charge in [-0.2, -0.15) is 0 Å². The van der Waals surface area contributed by atoms with Crippen molar-refractivity contribution in [2.24, 2.45) is 0 Å². The second-order valence-electron chi connectivity index (χ2n) is 11.5. The molecule has 10 rings (SSSR count). The molecule has 0 radical (unpaired) electrons. The molecule has 47 heavy (non-hydrogen) atoms. The molecular formula is C40H23N5OS. The Morgan fingerprint density at radius 3 is 1.89 bits per heavy atom. The molecule has 0 aliphatic rings. The monoisotopic (exact) mass is 621 g/mol. The summed E-state index contributed by atoms with van der Waals surface area (Å²) in [6.07, 6.45) is 0. The van der Waals surface area contributed by atoms with Crippen LogP contribution in [0.1, 0.15) is 0 Å². The first-order valence-corrected chi connectivity index (χ1v) is 16.2. The lowest BCUT2D eigenvalue weighted by atomic mass is 10.0. The van der Waals surface area contributed by atoms with Crippen molar-refractivity contribution in [3.8, 4) is 45.6 Å². The van der Waals surface area contributed by atoms with Gasteiger partial charge in [-0.1, -0.05) is 97.1 Å². The summed E-state index contributed by atoms with van der Waals surface area (Å²) in [5.74, 6) is 2.67. The quantitative estimate of drug-likeness (QED) is 0.211. The highest BCUT2D eigenvalue weighted by molar-refractivity contribution is 7.26. The van der Waals surface area contributed by atoms with Crippen LogP contribution in [0.5, 0.6) is 0 Å². The van der Waals surface area contributed by atoms with Crippen LogP contribution in [0.2, 0.25) is 0 Å². The van der Waals surface area contributed by atoms with Crippen molar-refractivity contribution in [3.63, 3.8) is 0 Å². The minimum atomic E-state index is 0.597. The number of rotatable bonds is 4. The Morgan fingerprint density at radius 2 is 1.09 bits per heavy atom. The molecule has 0 atom stereocenters. The van der Waals surface area contributed by atoms with E-state index >= 15 is 0 Å². The lowest BCUT2D eigenvalue weighted by Gasteiger charge is -2.11. The second kappa shape index (κ2) is 10.2. The Labute approximate surface area is 272 Å². The highest BCUT2D eigenvalue weighted by Crippen LogP contribution is 2.44. The van der Waals surface area contributed by atoms with Gasteiger partial charge in [-0.15, -0.1) is 11.3 Å². The lowest BCUT2D eigenvalue weighted by Crippen LogP contribution is -2.00. The number of thiophene rings is 1. The summed E-state index contributed by atoms with van der Waals surface area (Å²) in [6.45, 7) is 0. The number of aromatic nitrogens is 5. The third kappa shape index (κ3) is 4.10. The topological polar surface area (TPSA) is 80.5 Å². The number of aromatic amines is 1. The standard InChI is InChI=1S/C40H23N5OS/c1-2-11-23(12-3-1)37-43-39(25-14-8-20-31-34(25)24-13-4-7-19-30(24)46-31)45-40(44-37)27-16-10-22-33-36(27)35-26(15-9-21-32(35)47-33)38-41-28-17-5-6-18-29(28)42-38/h1-22H,(H,41,42). The molecule has 0 fully saturated rings. The number of fused-ring (bicyclic) bond motifs is 7. The molecule has 0 amide bonds. The minimum absolute atomic E-state index is 0.597. The smallest absolute Gasteiger partial charge is 0.164 e. The molecule has 6 aromatic carbocycles. The Kier molecular flexibility index (Phi) is 5.64. The van der Waals surface area contributed by atoms with Crippen molar-refractivity contribution in [2.75, 3.05) is 0 Å². The van der Waals surface area contributed by atoms with Gasteiger partial charge in [-0.05, 0) is 36.4 Å². The van der Waals surface area contributed by atoms with E-state index in [4.69, 9.17) is 24.4 Å². The van der Waals surface area contributed by atoms with Crippen LogP contribution in [0.3, 0.4) is 0 Å². The van der Waals surface area contributed by atoms with Crippen LogP contribution in [0.4, 0.5) is 0 Å². The van der Waals surface area contributed by atoms with Gasteiger partial charge in [0.2, 0.25) is 0 Å². The van der Waals surface area contributed by atoms with Crippen LogP contribution < -0.4 is 0 Å². The summed E-state index contributed by atoms with van der Waals surface area (Å²) >= 11 is 1.77. The van der Waals surface area contributed by atoms with Crippen LogP contribution in [-0.2, 0) is 0 Å². The molecule has 0 aliphatic heterocycles. The van der Waals surface area contributed by atoms with Crippen LogP contribution >= 0.6 is 11.3 Å². The first-order valence-electron chi connectivity index (χ1n) is 15.4. The molecule has 0 aliphatic carbocycles. The van der Waals surface area contributed by atoms with Gasteiger partial charge in [0.05, 0.1) is 11.0 Å². The molecule has 0 spiro atoms. The molecule has 0 bridgehead atoms. The predicted octanol–water partition coefficient (Wildman–Crippen LogP) is 10.7. The number of benzene rings is 6. The van der Waals surface area contributed by atoms with E-state index in [-0.39, 0.29) is 0 Å². The molecule has 10 aromatic rings. The fraction of sp³-hybridized carbons (Fsp3) is 0. The highest BCUT2D eigenvalue weighted by Gasteiger charge is 2.21. The zero-order valence-electron chi connectivity index (χ0n) is 24.8. The Hall–Kier alpha value is -6.18. The van der Waals surface area contributed by atoms with E-state index in [0.717, 1.165) is 76.5 Å². The van der Waals surface area contributed by atoms with Crippen molar-refractivity contribution in [2.45, 2.75) is 0 Å². The van der Waals surface area contributed by atoms with Crippen molar-refractivity contribution in [3.05, 3.63) is 133 Å². The summed E-state index contributed by atoms with van der Waals surface area (Å²) in [7, 11) is 0. The van der Waals surface area contributed by atoms with Crippen molar-refractivity contribution in [1.29, 1.82) is 0 Å². The summed E-state index contributed by atoms with van der Waals surface area (Å²) in [4.78, 5) is 24.0. The first-order chi connectivity index (χ1) is 23.3. The Bertz CT molecular complexity index is 2780. The average Bonchev–Trinajstić information content (AvgIpc) is 3.85. The molecule has 1 N–H and O–H groups in total. The Morgan fingerprint density at radius 1 is 0.468 bits per heavy atom. The van der Waals surface area contributed by atoms with Gasteiger partial charge in [0, 0.05) is 53.2 Å². The molecule has 0 saturated heterocycles. The number of furan rings is 1. The number of hydrogen-bond donors (Lipinski definition) is 1. The normalized spacial score (nSPS) is 11.8. The van der Waals surface area contributed by atoms with Crippen molar-refractivity contribution in [1.82, 2.24) is 24.9 Å². The van der Waals surface area contributed by atoms with Crippen LogP contribution in [0.25, 0.3) is 98.7 Å². The maximum Gasteiger partial charge on any atom is 0.164 e. The van der Waals surface area contributed by atoms with Crippen LogP contribution in [-0.4, -0.2) is 24.9 Å². The van der Waals surface area contributed by atoms with E-state index < -0.39 is 0 Å². The van der Waals surface area contributed by atoms with Gasteiger partial charge in [0.25, 0.3) is 0 Å². The third-order valence-electron chi connectivity index (χ3n) is 8.72. The summed E-state index contributed by atoms with van der Waals surface area (Å²) in [6, 6.07) is 45.2. The van der Waals surface area contributed by atoms with E-state index in [1.807, 2.05) is 78.9 Å². The molecule has 7 heteroatoms. The predicted molar refractivity (Wildman–Crippen MR) is 191 cm³/mol. The number of H-pyrrole nitrogens is 1. The molecule has 4 aromatic heterocycles.